The number of anilines is 1. The van der Waals surface area contributed by atoms with Gasteiger partial charge in [0.25, 0.3) is 0 Å². The maximum atomic E-state index is 13.0. The fourth-order valence-corrected chi connectivity index (χ4v) is 4.43. The first-order valence-electron chi connectivity index (χ1n) is 8.48. The average molecular weight is 385 g/mol. The molecule has 0 unspecified atom stereocenters. The minimum absolute atomic E-state index is 0.0540. The van der Waals surface area contributed by atoms with Crippen LogP contribution in [0.1, 0.15) is 26.7 Å². The van der Waals surface area contributed by atoms with Gasteiger partial charge in [-0.1, -0.05) is 13.8 Å². The molecule has 144 valence electrons. The molecule has 1 saturated heterocycles. The number of sulfone groups is 1. The monoisotopic (exact) mass is 385 g/mol. The second-order valence-electron chi connectivity index (χ2n) is 6.90. The van der Waals surface area contributed by atoms with E-state index < -0.39 is 39.7 Å². The first-order chi connectivity index (χ1) is 12.1. The molecule has 1 fully saturated rings. The molecule has 0 saturated carbocycles. The molecular formula is C17H24FN3O4S. The van der Waals surface area contributed by atoms with Crippen molar-refractivity contribution in [2.45, 2.75) is 38.8 Å². The summed E-state index contributed by atoms with van der Waals surface area (Å²) in [4.78, 5) is 24.6. The van der Waals surface area contributed by atoms with Crippen molar-refractivity contribution >= 4 is 27.5 Å². The van der Waals surface area contributed by atoms with Crippen LogP contribution < -0.4 is 16.0 Å². The Kier molecular flexibility index (Phi) is 6.57. The molecule has 0 aromatic heterocycles. The van der Waals surface area contributed by atoms with E-state index in [0.29, 0.717) is 18.5 Å². The third-order valence-corrected chi connectivity index (χ3v) is 5.78. The first-order valence-corrected chi connectivity index (χ1v) is 10.3. The van der Waals surface area contributed by atoms with Gasteiger partial charge in [0, 0.05) is 11.7 Å². The number of urea groups is 1. The van der Waals surface area contributed by atoms with E-state index in [-0.39, 0.29) is 17.4 Å². The molecule has 2 atom stereocenters. The topological polar surface area (TPSA) is 104 Å². The van der Waals surface area contributed by atoms with Crippen LogP contribution in [0, 0.1) is 11.7 Å². The molecule has 26 heavy (non-hydrogen) atoms. The zero-order chi connectivity index (χ0) is 19.3. The van der Waals surface area contributed by atoms with E-state index in [4.69, 9.17) is 0 Å². The van der Waals surface area contributed by atoms with Gasteiger partial charge in [-0.05, 0) is 43.0 Å². The SMILES string of the molecule is CC(C)C[C@H](NC(=O)N[C@@H]1CCS(=O)(=O)C1)C(=O)Nc1ccc(F)cc1. The number of carbonyl (C=O) groups excluding carboxylic acids is 2. The summed E-state index contributed by atoms with van der Waals surface area (Å²) in [6, 6.07) is 3.51. The number of carbonyl (C=O) groups is 2. The van der Waals surface area contributed by atoms with Gasteiger partial charge in [0.05, 0.1) is 11.5 Å². The van der Waals surface area contributed by atoms with Crippen LogP contribution in [-0.2, 0) is 14.6 Å². The molecular weight excluding hydrogens is 361 g/mol. The normalized spacial score (nSPS) is 19.8. The summed E-state index contributed by atoms with van der Waals surface area (Å²) in [5.74, 6) is -0.716. The van der Waals surface area contributed by atoms with Gasteiger partial charge in [0.2, 0.25) is 5.91 Å². The smallest absolute Gasteiger partial charge is 0.315 e. The lowest BCUT2D eigenvalue weighted by Gasteiger charge is -2.21. The van der Waals surface area contributed by atoms with Crippen molar-refractivity contribution in [1.29, 1.82) is 0 Å². The Morgan fingerprint density at radius 1 is 1.23 bits per heavy atom. The Hall–Kier alpha value is -2.16. The average Bonchev–Trinajstić information content (AvgIpc) is 2.87. The summed E-state index contributed by atoms with van der Waals surface area (Å²) >= 11 is 0. The van der Waals surface area contributed by atoms with Crippen LogP contribution in [0.2, 0.25) is 0 Å². The number of rotatable bonds is 6. The van der Waals surface area contributed by atoms with Gasteiger partial charge in [0.1, 0.15) is 11.9 Å². The van der Waals surface area contributed by atoms with Crippen LogP contribution in [0.5, 0.6) is 0 Å². The number of halogens is 1. The van der Waals surface area contributed by atoms with Gasteiger partial charge in [0.15, 0.2) is 9.84 Å². The van der Waals surface area contributed by atoms with Gasteiger partial charge in [-0.3, -0.25) is 4.79 Å². The molecule has 1 aliphatic rings. The molecule has 0 bridgehead atoms. The minimum Gasteiger partial charge on any atom is -0.334 e. The molecule has 1 aromatic carbocycles. The summed E-state index contributed by atoms with van der Waals surface area (Å²) in [5, 5.41) is 7.85. The summed E-state index contributed by atoms with van der Waals surface area (Å²) in [5.41, 5.74) is 0.425. The van der Waals surface area contributed by atoms with Crippen molar-refractivity contribution in [2.75, 3.05) is 16.8 Å². The van der Waals surface area contributed by atoms with Crippen LogP contribution in [0.3, 0.4) is 0 Å². The lowest BCUT2D eigenvalue weighted by atomic mass is 10.0. The van der Waals surface area contributed by atoms with E-state index in [1.807, 2.05) is 13.8 Å². The predicted molar refractivity (Wildman–Crippen MR) is 97.0 cm³/mol. The summed E-state index contributed by atoms with van der Waals surface area (Å²) in [7, 11) is -3.10. The number of benzene rings is 1. The molecule has 7 nitrogen and oxygen atoms in total. The van der Waals surface area contributed by atoms with E-state index in [0.717, 1.165) is 0 Å². The maximum Gasteiger partial charge on any atom is 0.315 e. The fraction of sp³-hybridized carbons (Fsp3) is 0.529. The Labute approximate surface area is 152 Å². The van der Waals surface area contributed by atoms with E-state index in [2.05, 4.69) is 16.0 Å². The van der Waals surface area contributed by atoms with Crippen LogP contribution in [0.15, 0.2) is 24.3 Å². The summed E-state index contributed by atoms with van der Waals surface area (Å²) < 4.78 is 35.9. The lowest BCUT2D eigenvalue weighted by molar-refractivity contribution is -0.118. The third kappa shape index (κ3) is 6.29. The molecule has 3 amide bonds. The van der Waals surface area contributed by atoms with Gasteiger partial charge < -0.3 is 16.0 Å². The van der Waals surface area contributed by atoms with Crippen molar-refractivity contribution < 1.29 is 22.4 Å². The second-order valence-corrected chi connectivity index (χ2v) is 9.12. The van der Waals surface area contributed by atoms with Crippen LogP contribution in [0.4, 0.5) is 14.9 Å². The molecule has 1 heterocycles. The van der Waals surface area contributed by atoms with Gasteiger partial charge in [-0.2, -0.15) is 0 Å². The predicted octanol–water partition coefficient (Wildman–Crippen LogP) is 1.67. The molecule has 0 radical (unpaired) electrons. The summed E-state index contributed by atoms with van der Waals surface area (Å²) in [6.07, 6.45) is 0.774. The van der Waals surface area contributed by atoms with Crippen molar-refractivity contribution in [3.63, 3.8) is 0 Å². The molecule has 1 aliphatic heterocycles. The Morgan fingerprint density at radius 3 is 2.42 bits per heavy atom. The Bertz CT molecular complexity index is 750. The minimum atomic E-state index is -3.10. The van der Waals surface area contributed by atoms with E-state index in [1.54, 1.807) is 0 Å². The van der Waals surface area contributed by atoms with Gasteiger partial charge >= 0.3 is 6.03 Å². The molecule has 0 aliphatic carbocycles. The van der Waals surface area contributed by atoms with E-state index in [1.165, 1.54) is 24.3 Å². The molecule has 1 aromatic rings. The van der Waals surface area contributed by atoms with Crippen LogP contribution >= 0.6 is 0 Å². The zero-order valence-electron chi connectivity index (χ0n) is 14.8. The van der Waals surface area contributed by atoms with Gasteiger partial charge in [-0.25, -0.2) is 17.6 Å². The standard InChI is InChI=1S/C17H24FN3O4S/c1-11(2)9-15(16(22)19-13-5-3-12(18)4-6-13)21-17(23)20-14-7-8-26(24,25)10-14/h3-6,11,14-15H,7-10H2,1-2H3,(H,19,22)(H2,20,21,23)/t14-,15+/m1/s1. The first kappa shape index (κ1) is 20.2. The highest BCUT2D eigenvalue weighted by Gasteiger charge is 2.30. The quantitative estimate of drug-likeness (QED) is 0.693. The second kappa shape index (κ2) is 8.48. The molecule has 0 spiro atoms. The number of hydrogen-bond donors (Lipinski definition) is 3. The summed E-state index contributed by atoms with van der Waals surface area (Å²) in [6.45, 7) is 3.84. The lowest BCUT2D eigenvalue weighted by Crippen LogP contribution is -2.51. The fourth-order valence-electron chi connectivity index (χ4n) is 2.76. The highest BCUT2D eigenvalue weighted by atomic mass is 32.2. The highest BCUT2D eigenvalue weighted by molar-refractivity contribution is 7.91. The molecule has 2 rings (SSSR count). The number of nitrogens with one attached hydrogen (secondary N) is 3. The molecule has 9 heteroatoms. The van der Waals surface area contributed by atoms with Crippen LogP contribution in [-0.4, -0.2) is 43.9 Å². The van der Waals surface area contributed by atoms with E-state index in [9.17, 15) is 22.4 Å². The number of hydrogen-bond acceptors (Lipinski definition) is 4. The zero-order valence-corrected chi connectivity index (χ0v) is 15.6. The van der Waals surface area contributed by atoms with Crippen molar-refractivity contribution in [1.82, 2.24) is 10.6 Å². The largest absolute Gasteiger partial charge is 0.334 e. The molecule has 3 N–H and O–H groups in total. The highest BCUT2D eigenvalue weighted by Crippen LogP contribution is 2.13. The van der Waals surface area contributed by atoms with E-state index >= 15 is 0 Å². The third-order valence-electron chi connectivity index (χ3n) is 4.01. The van der Waals surface area contributed by atoms with Crippen LogP contribution in [0.25, 0.3) is 0 Å². The van der Waals surface area contributed by atoms with Crippen molar-refractivity contribution in [2.24, 2.45) is 5.92 Å². The Balaban J connectivity index is 1.96. The van der Waals surface area contributed by atoms with Crippen molar-refractivity contribution in [3.8, 4) is 0 Å². The maximum absolute atomic E-state index is 13.0. The number of amides is 3. The van der Waals surface area contributed by atoms with Gasteiger partial charge in [-0.15, -0.1) is 0 Å². The Morgan fingerprint density at radius 2 is 1.88 bits per heavy atom. The van der Waals surface area contributed by atoms with Crippen molar-refractivity contribution in [3.05, 3.63) is 30.1 Å².